The van der Waals surface area contributed by atoms with Crippen molar-refractivity contribution in [1.82, 2.24) is 35.2 Å². The number of rotatable bonds is 9. The molecule has 0 spiro atoms. The van der Waals surface area contributed by atoms with Crippen LogP contribution in [0.3, 0.4) is 0 Å². The summed E-state index contributed by atoms with van der Waals surface area (Å²) in [7, 11) is 1.69. The quantitative estimate of drug-likeness (QED) is 0.146. The summed E-state index contributed by atoms with van der Waals surface area (Å²) in [5.41, 5.74) is 10.5. The highest BCUT2D eigenvalue weighted by Crippen LogP contribution is 2.42. The van der Waals surface area contributed by atoms with E-state index in [1.54, 1.807) is 18.2 Å². The third-order valence-electron chi connectivity index (χ3n) is 12.8. The number of nitrogens with one attached hydrogen (secondary N) is 2. The van der Waals surface area contributed by atoms with Crippen LogP contribution in [-0.4, -0.2) is 93.1 Å². The molecule has 6 heterocycles. The summed E-state index contributed by atoms with van der Waals surface area (Å²) in [5, 5.41) is 8.27. The summed E-state index contributed by atoms with van der Waals surface area (Å²) >= 11 is 1.44. The van der Waals surface area contributed by atoms with Gasteiger partial charge in [-0.25, -0.2) is 10.4 Å². The number of aromatic nitrogens is 3. The molecule has 0 radical (unpaired) electrons. The fourth-order valence-electron chi connectivity index (χ4n) is 9.57. The zero-order valence-electron chi connectivity index (χ0n) is 37.4. The van der Waals surface area contributed by atoms with Gasteiger partial charge in [-0.2, -0.15) is 0 Å². The standard InChI is InChI=1S/C49H59N7O6S/c1-8-54-40-19-18-32-22-35(40)36(45(54)34-16-12-20-50-43(34)30(4)61-7)25-49(5,6)28-62-48(60)37-17-13-21-56(53-37)47(59)38(24-41-51-39(32)27-63-41)52-46(58)44(29(2)3)55-26-33(23-42(55)57)31-14-10-9-11-15-31/h9-12,14-16,18-20,22,27,29-30,33,37-38,44,53H,8,13,17,21,23-26,28H2,1-7H3,(H,52,58)/t30-,33-,37-,38-,44-/m0/s1. The number of amides is 3. The van der Waals surface area contributed by atoms with Crippen molar-refractivity contribution in [2.75, 3.05) is 26.8 Å². The van der Waals surface area contributed by atoms with Gasteiger partial charge in [0.25, 0.3) is 5.91 Å². The van der Waals surface area contributed by atoms with Crippen molar-refractivity contribution < 1.29 is 28.7 Å². The maximum atomic E-state index is 14.6. The Bertz CT molecular complexity index is 2500. The Hall–Kier alpha value is -5.44. The number of hydrogen-bond acceptors (Lipinski definition) is 10. The van der Waals surface area contributed by atoms with Crippen molar-refractivity contribution in [2.24, 2.45) is 11.3 Å². The maximum Gasteiger partial charge on any atom is 0.324 e. The second kappa shape index (κ2) is 18.3. The lowest BCUT2D eigenvalue weighted by Crippen LogP contribution is -2.62. The van der Waals surface area contributed by atoms with Crippen LogP contribution in [0, 0.1) is 11.3 Å². The number of methoxy groups -OCH3 is 1. The second-order valence-corrected chi connectivity index (χ2v) is 19.3. The zero-order chi connectivity index (χ0) is 44.6. The molecular weight excluding hydrogens is 815 g/mol. The smallest absolute Gasteiger partial charge is 0.324 e. The third kappa shape index (κ3) is 9.03. The number of aryl methyl sites for hydroxylation is 1. The lowest BCUT2D eigenvalue weighted by Gasteiger charge is -2.36. The van der Waals surface area contributed by atoms with Gasteiger partial charge in [0.15, 0.2) is 0 Å². The molecule has 2 N–H and O–H groups in total. The first kappa shape index (κ1) is 44.2. The summed E-state index contributed by atoms with van der Waals surface area (Å²) in [6.45, 7) is 13.8. The van der Waals surface area contributed by atoms with Gasteiger partial charge in [-0.15, -0.1) is 11.3 Å². The minimum atomic E-state index is -1.03. The molecule has 0 aliphatic carbocycles. The van der Waals surface area contributed by atoms with E-state index in [-0.39, 0.29) is 42.8 Å². The lowest BCUT2D eigenvalue weighted by atomic mass is 9.84. The van der Waals surface area contributed by atoms with Gasteiger partial charge in [0.05, 0.1) is 34.8 Å². The number of nitrogens with zero attached hydrogens (tertiary/aromatic N) is 5. The van der Waals surface area contributed by atoms with Crippen LogP contribution in [0.1, 0.15) is 94.7 Å². The van der Waals surface area contributed by atoms with Crippen LogP contribution in [0.4, 0.5) is 0 Å². The molecule has 14 heteroatoms. The number of thiazole rings is 1. The van der Waals surface area contributed by atoms with Crippen molar-refractivity contribution in [3.05, 3.63) is 94.1 Å². The van der Waals surface area contributed by atoms with Gasteiger partial charge in [0, 0.05) is 84.5 Å². The normalized spacial score (nSPS) is 21.7. The van der Waals surface area contributed by atoms with E-state index in [0.717, 1.165) is 50.2 Å². The number of hydrazine groups is 1. The van der Waals surface area contributed by atoms with Gasteiger partial charge < -0.3 is 24.3 Å². The van der Waals surface area contributed by atoms with E-state index < -0.39 is 35.4 Å². The van der Waals surface area contributed by atoms with Gasteiger partial charge >= 0.3 is 5.97 Å². The van der Waals surface area contributed by atoms with E-state index in [4.69, 9.17) is 19.4 Å². The van der Waals surface area contributed by atoms with Gasteiger partial charge in [-0.1, -0.05) is 64.1 Å². The number of likely N-dealkylation sites (tertiary alicyclic amines) is 1. The Morgan fingerprint density at radius 3 is 2.60 bits per heavy atom. The number of hydrogen-bond donors (Lipinski definition) is 2. The summed E-state index contributed by atoms with van der Waals surface area (Å²) in [6, 6.07) is 17.8. The van der Waals surface area contributed by atoms with Crippen molar-refractivity contribution in [2.45, 2.75) is 110 Å². The van der Waals surface area contributed by atoms with Crippen LogP contribution in [0.15, 0.2) is 72.2 Å². The SMILES string of the molecule is CCn1c(-c2cccnc2[C@H](C)OC)c2c3cc(ccc31)-c1csc(n1)C[C@H](NC(=O)[C@H](C(C)C)N1C[C@@H](c3ccccc3)CC1=O)C(=O)N1CCC[C@H](N1)C(=O)OCC(C)(C)C2. The lowest BCUT2D eigenvalue weighted by molar-refractivity contribution is -0.155. The number of carbonyl (C=O) groups excluding carboxylic acids is 4. The highest BCUT2D eigenvalue weighted by Gasteiger charge is 2.42. The van der Waals surface area contributed by atoms with Crippen LogP contribution in [0.25, 0.3) is 33.4 Å². The fourth-order valence-corrected chi connectivity index (χ4v) is 10.4. The van der Waals surface area contributed by atoms with E-state index in [9.17, 15) is 19.2 Å². The molecule has 3 amide bonds. The van der Waals surface area contributed by atoms with Gasteiger partial charge in [-0.3, -0.25) is 29.2 Å². The monoisotopic (exact) mass is 873 g/mol. The molecule has 2 fully saturated rings. The first-order chi connectivity index (χ1) is 30.3. The molecule has 8 rings (SSSR count). The zero-order valence-corrected chi connectivity index (χ0v) is 38.2. The number of ether oxygens (including phenoxy) is 2. The fraction of sp³-hybridized carbons (Fsp3) is 0.469. The molecule has 3 aliphatic heterocycles. The molecule has 2 aromatic carbocycles. The first-order valence-corrected chi connectivity index (χ1v) is 23.1. The van der Waals surface area contributed by atoms with Gasteiger partial charge in [0.2, 0.25) is 11.8 Å². The van der Waals surface area contributed by atoms with Crippen molar-refractivity contribution in [1.29, 1.82) is 0 Å². The highest BCUT2D eigenvalue weighted by molar-refractivity contribution is 7.10. The number of pyridine rings is 1. The molecule has 0 unspecified atom stereocenters. The molecule has 0 saturated carbocycles. The van der Waals surface area contributed by atoms with Crippen LogP contribution >= 0.6 is 11.3 Å². The van der Waals surface area contributed by atoms with Crippen LogP contribution in [0.2, 0.25) is 0 Å². The van der Waals surface area contributed by atoms with Crippen LogP contribution in [0.5, 0.6) is 0 Å². The number of fused-ring (bicyclic) bond motifs is 6. The van der Waals surface area contributed by atoms with E-state index in [1.807, 2.05) is 62.5 Å². The molecular formula is C49H59N7O6S. The molecule has 3 aromatic heterocycles. The maximum absolute atomic E-state index is 14.6. The summed E-state index contributed by atoms with van der Waals surface area (Å²) in [4.78, 5) is 68.1. The molecule has 332 valence electrons. The molecule has 13 nitrogen and oxygen atoms in total. The van der Waals surface area contributed by atoms with Crippen LogP contribution in [-0.2, 0) is 48.0 Å². The topological polar surface area (TPSA) is 148 Å². The predicted molar refractivity (Wildman–Crippen MR) is 243 cm³/mol. The van der Waals surface area contributed by atoms with Crippen molar-refractivity contribution in [3.63, 3.8) is 0 Å². The number of benzene rings is 2. The average molecular weight is 874 g/mol. The van der Waals surface area contributed by atoms with E-state index in [1.165, 1.54) is 16.3 Å². The Morgan fingerprint density at radius 1 is 1.06 bits per heavy atom. The number of cyclic esters (lactones) is 1. The Kier molecular flexibility index (Phi) is 12.9. The molecule has 63 heavy (non-hydrogen) atoms. The minimum absolute atomic E-state index is 0.0336. The number of esters is 1. The molecule has 5 atom stereocenters. The number of carbonyl (C=O) groups is 4. The Labute approximate surface area is 373 Å². The predicted octanol–water partition coefficient (Wildman–Crippen LogP) is 7.24. The summed E-state index contributed by atoms with van der Waals surface area (Å²) < 4.78 is 14.3. The largest absolute Gasteiger partial charge is 0.464 e. The average Bonchev–Trinajstić information content (AvgIpc) is 4.00. The van der Waals surface area contributed by atoms with E-state index >= 15 is 0 Å². The Morgan fingerprint density at radius 2 is 1.86 bits per heavy atom. The third-order valence-corrected chi connectivity index (χ3v) is 13.7. The molecule has 2 saturated heterocycles. The van der Waals surface area contributed by atoms with Gasteiger partial charge in [0.1, 0.15) is 18.1 Å². The molecule has 6 bridgehead atoms. The summed E-state index contributed by atoms with van der Waals surface area (Å²) in [5.74, 6) is -1.56. The molecule has 5 aromatic rings. The van der Waals surface area contributed by atoms with E-state index in [2.05, 4.69) is 60.3 Å². The molecule has 3 aliphatic rings. The van der Waals surface area contributed by atoms with Crippen molar-refractivity contribution in [3.8, 4) is 22.5 Å². The van der Waals surface area contributed by atoms with Gasteiger partial charge in [-0.05, 0) is 74.4 Å². The van der Waals surface area contributed by atoms with Crippen molar-refractivity contribution >= 4 is 45.9 Å². The minimum Gasteiger partial charge on any atom is -0.464 e. The Balaban J connectivity index is 1.18. The summed E-state index contributed by atoms with van der Waals surface area (Å²) in [6.07, 6.45) is 3.63. The first-order valence-electron chi connectivity index (χ1n) is 22.2. The highest BCUT2D eigenvalue weighted by atomic mass is 32.1. The van der Waals surface area contributed by atoms with Crippen LogP contribution < -0.4 is 10.7 Å². The second-order valence-electron chi connectivity index (χ2n) is 18.3. The van der Waals surface area contributed by atoms with E-state index in [0.29, 0.717) is 50.3 Å².